The molecule has 0 spiro atoms. The van der Waals surface area contributed by atoms with Crippen LogP contribution in [0.3, 0.4) is 0 Å². The summed E-state index contributed by atoms with van der Waals surface area (Å²) in [7, 11) is 3.48. The van der Waals surface area contributed by atoms with Gasteiger partial charge in [-0.05, 0) is 37.3 Å². The molecule has 0 saturated carbocycles. The molecule has 1 aromatic carbocycles. The Morgan fingerprint density at radius 2 is 1.85 bits per heavy atom. The van der Waals surface area contributed by atoms with Crippen LogP contribution in [-0.4, -0.2) is 44.0 Å². The zero-order valence-corrected chi connectivity index (χ0v) is 19.6. The van der Waals surface area contributed by atoms with Crippen LogP contribution >= 0.6 is 35.3 Å². The van der Waals surface area contributed by atoms with Gasteiger partial charge in [-0.2, -0.15) is 0 Å². The summed E-state index contributed by atoms with van der Waals surface area (Å²) < 4.78 is 0. The van der Waals surface area contributed by atoms with Gasteiger partial charge in [-0.25, -0.2) is 4.99 Å². The van der Waals surface area contributed by atoms with Crippen LogP contribution in [0.1, 0.15) is 21.6 Å². The SMILES string of the molecule is Cc1cc(C)cc(CCNC(=NCC(=O)N(C)C)NCc2cccs2)c1.I. The van der Waals surface area contributed by atoms with E-state index in [-0.39, 0.29) is 36.4 Å². The van der Waals surface area contributed by atoms with E-state index in [4.69, 9.17) is 0 Å². The Morgan fingerprint density at radius 3 is 2.44 bits per heavy atom. The van der Waals surface area contributed by atoms with Crippen molar-refractivity contribution in [1.82, 2.24) is 15.5 Å². The molecule has 1 amide bonds. The molecule has 2 rings (SSSR count). The largest absolute Gasteiger partial charge is 0.356 e. The van der Waals surface area contributed by atoms with Crippen LogP contribution in [0.25, 0.3) is 0 Å². The van der Waals surface area contributed by atoms with Gasteiger partial charge < -0.3 is 15.5 Å². The predicted octanol–water partition coefficient (Wildman–Crippen LogP) is 3.35. The second kappa shape index (κ2) is 12.0. The number of hydrogen-bond donors (Lipinski definition) is 2. The first-order valence-corrected chi connectivity index (χ1v) is 9.64. The number of halogens is 1. The molecule has 0 unspecified atom stereocenters. The van der Waals surface area contributed by atoms with Crippen molar-refractivity contribution in [3.05, 3.63) is 57.3 Å². The Hall–Kier alpha value is -1.61. The number of nitrogens with one attached hydrogen (secondary N) is 2. The van der Waals surface area contributed by atoms with Crippen LogP contribution in [0.2, 0.25) is 0 Å². The van der Waals surface area contributed by atoms with Gasteiger partial charge in [-0.15, -0.1) is 35.3 Å². The van der Waals surface area contributed by atoms with Crippen LogP contribution in [0.4, 0.5) is 0 Å². The highest BCUT2D eigenvalue weighted by molar-refractivity contribution is 14.0. The summed E-state index contributed by atoms with van der Waals surface area (Å²) in [5, 5.41) is 8.69. The van der Waals surface area contributed by atoms with Crippen molar-refractivity contribution in [2.75, 3.05) is 27.2 Å². The van der Waals surface area contributed by atoms with Gasteiger partial charge in [0.1, 0.15) is 6.54 Å². The molecule has 0 fully saturated rings. The smallest absolute Gasteiger partial charge is 0.243 e. The van der Waals surface area contributed by atoms with Crippen molar-refractivity contribution in [3.63, 3.8) is 0 Å². The molecule has 0 aliphatic carbocycles. The molecule has 148 valence electrons. The van der Waals surface area contributed by atoms with E-state index in [0.29, 0.717) is 12.5 Å². The summed E-state index contributed by atoms with van der Waals surface area (Å²) in [6.07, 6.45) is 0.907. The number of amides is 1. The first kappa shape index (κ1) is 23.4. The highest BCUT2D eigenvalue weighted by atomic mass is 127. The molecular weight excluding hydrogens is 471 g/mol. The minimum absolute atomic E-state index is 0. The normalized spacial score (nSPS) is 10.9. The number of hydrogen-bond acceptors (Lipinski definition) is 3. The van der Waals surface area contributed by atoms with Crippen molar-refractivity contribution in [1.29, 1.82) is 0 Å². The highest BCUT2D eigenvalue weighted by Gasteiger charge is 2.05. The van der Waals surface area contributed by atoms with Crippen molar-refractivity contribution >= 4 is 47.2 Å². The van der Waals surface area contributed by atoms with Crippen molar-refractivity contribution < 1.29 is 4.79 Å². The van der Waals surface area contributed by atoms with Gasteiger partial charge in [0.15, 0.2) is 5.96 Å². The average Bonchev–Trinajstić information content (AvgIpc) is 3.09. The zero-order valence-electron chi connectivity index (χ0n) is 16.4. The van der Waals surface area contributed by atoms with Gasteiger partial charge in [0.2, 0.25) is 5.91 Å². The quantitative estimate of drug-likeness (QED) is 0.349. The fraction of sp³-hybridized carbons (Fsp3) is 0.400. The molecule has 1 aromatic heterocycles. The van der Waals surface area contributed by atoms with Gasteiger partial charge in [-0.3, -0.25) is 4.79 Å². The number of carbonyl (C=O) groups excluding carboxylic acids is 1. The molecular formula is C20H29IN4OS. The van der Waals surface area contributed by atoms with E-state index < -0.39 is 0 Å². The summed E-state index contributed by atoms with van der Waals surface area (Å²) >= 11 is 1.70. The predicted molar refractivity (Wildman–Crippen MR) is 125 cm³/mol. The Balaban J connectivity index is 0.00000364. The summed E-state index contributed by atoms with van der Waals surface area (Å²) in [6, 6.07) is 10.7. The standard InChI is InChI=1S/C20H28N4OS.HI/c1-15-10-16(2)12-17(11-15)7-8-21-20(23-14-19(25)24(3)4)22-13-18-6-5-9-26-18;/h5-6,9-12H,7-8,13-14H2,1-4H3,(H2,21,22,23);1H. The maximum atomic E-state index is 11.8. The molecule has 27 heavy (non-hydrogen) atoms. The molecule has 0 aliphatic heterocycles. The van der Waals surface area contributed by atoms with Gasteiger partial charge >= 0.3 is 0 Å². The summed E-state index contributed by atoms with van der Waals surface area (Å²) in [5.74, 6) is 0.648. The first-order valence-electron chi connectivity index (χ1n) is 8.76. The first-order chi connectivity index (χ1) is 12.4. The fourth-order valence-electron chi connectivity index (χ4n) is 2.58. The minimum Gasteiger partial charge on any atom is -0.356 e. The molecule has 2 aromatic rings. The van der Waals surface area contributed by atoms with E-state index >= 15 is 0 Å². The third-order valence-electron chi connectivity index (χ3n) is 3.87. The maximum Gasteiger partial charge on any atom is 0.243 e. The number of benzene rings is 1. The number of guanidine groups is 1. The van der Waals surface area contributed by atoms with Crippen LogP contribution in [0.15, 0.2) is 40.7 Å². The van der Waals surface area contributed by atoms with Crippen LogP contribution in [0, 0.1) is 13.8 Å². The Labute approximate surface area is 183 Å². The summed E-state index contributed by atoms with van der Waals surface area (Å²) in [4.78, 5) is 19.0. The van der Waals surface area contributed by atoms with E-state index in [0.717, 1.165) is 13.0 Å². The van der Waals surface area contributed by atoms with Gasteiger partial charge in [0, 0.05) is 25.5 Å². The lowest BCUT2D eigenvalue weighted by Crippen LogP contribution is -2.39. The number of aryl methyl sites for hydroxylation is 2. The van der Waals surface area contributed by atoms with E-state index in [1.807, 2.05) is 6.07 Å². The van der Waals surface area contributed by atoms with Gasteiger partial charge in [-0.1, -0.05) is 35.4 Å². The lowest BCUT2D eigenvalue weighted by Gasteiger charge is -2.14. The highest BCUT2D eigenvalue weighted by Crippen LogP contribution is 2.09. The lowest BCUT2D eigenvalue weighted by molar-refractivity contribution is -0.127. The van der Waals surface area contributed by atoms with Gasteiger partial charge in [0.05, 0.1) is 6.54 Å². The third-order valence-corrected chi connectivity index (χ3v) is 4.75. The summed E-state index contributed by atoms with van der Waals surface area (Å²) in [6.45, 7) is 5.83. The van der Waals surface area contributed by atoms with E-state index in [1.165, 1.54) is 21.6 Å². The Kier molecular flexibility index (Phi) is 10.4. The number of carbonyl (C=O) groups is 1. The lowest BCUT2D eigenvalue weighted by atomic mass is 10.1. The molecule has 0 atom stereocenters. The van der Waals surface area contributed by atoms with Crippen LogP contribution in [0.5, 0.6) is 0 Å². The third kappa shape index (κ3) is 8.75. The number of aliphatic imine (C=N–C) groups is 1. The van der Waals surface area contributed by atoms with E-state index in [1.54, 1.807) is 30.3 Å². The molecule has 1 heterocycles. The van der Waals surface area contributed by atoms with Crippen molar-refractivity contribution in [3.8, 4) is 0 Å². The second-order valence-corrected chi connectivity index (χ2v) is 7.59. The van der Waals surface area contributed by atoms with Crippen molar-refractivity contribution in [2.24, 2.45) is 4.99 Å². The monoisotopic (exact) mass is 500 g/mol. The van der Waals surface area contributed by atoms with E-state index in [9.17, 15) is 4.79 Å². The number of rotatable bonds is 7. The average molecular weight is 500 g/mol. The van der Waals surface area contributed by atoms with Crippen LogP contribution < -0.4 is 10.6 Å². The Bertz CT molecular complexity index is 724. The Morgan fingerprint density at radius 1 is 1.15 bits per heavy atom. The topological polar surface area (TPSA) is 56.7 Å². The molecule has 0 radical (unpaired) electrons. The second-order valence-electron chi connectivity index (χ2n) is 6.56. The molecule has 0 aliphatic rings. The minimum atomic E-state index is -0.0171. The molecule has 7 heteroatoms. The number of thiophene rings is 1. The number of likely N-dealkylation sites (N-methyl/N-ethyl adjacent to an activating group) is 1. The number of nitrogens with zero attached hydrogens (tertiary/aromatic N) is 2. The molecule has 0 bridgehead atoms. The summed E-state index contributed by atoms with van der Waals surface area (Å²) in [5.41, 5.74) is 3.86. The maximum absolute atomic E-state index is 11.8. The molecule has 2 N–H and O–H groups in total. The van der Waals surface area contributed by atoms with Gasteiger partial charge in [0.25, 0.3) is 0 Å². The van der Waals surface area contributed by atoms with Crippen molar-refractivity contribution in [2.45, 2.75) is 26.8 Å². The fourth-order valence-corrected chi connectivity index (χ4v) is 3.23. The van der Waals surface area contributed by atoms with E-state index in [2.05, 4.69) is 59.1 Å². The molecule has 5 nitrogen and oxygen atoms in total. The van der Waals surface area contributed by atoms with Crippen LogP contribution in [-0.2, 0) is 17.8 Å². The molecule has 0 saturated heterocycles. The zero-order chi connectivity index (χ0) is 18.9.